The summed E-state index contributed by atoms with van der Waals surface area (Å²) in [7, 11) is 0. The molecule has 9 heavy (non-hydrogen) atoms. The van der Waals surface area contributed by atoms with Crippen LogP contribution >= 0.6 is 0 Å². The molecule has 1 aliphatic rings. The van der Waals surface area contributed by atoms with Crippen LogP contribution in [-0.2, 0) is 4.84 Å². The first-order chi connectivity index (χ1) is 4.11. The quantitative estimate of drug-likeness (QED) is 0.469. The molecule has 0 aliphatic carbocycles. The normalized spacial score (nSPS) is 23.0. The van der Waals surface area contributed by atoms with Gasteiger partial charge in [-0.05, 0) is 6.42 Å². The first kappa shape index (κ1) is 6.82. The average Bonchev–Trinajstić information content (AvgIpc) is 2.08. The SMILES string of the molecule is FC(F)(F)N1CCCO1. The number of alkyl halides is 3. The molecule has 1 saturated heterocycles. The second-order valence-corrected chi connectivity index (χ2v) is 1.76. The van der Waals surface area contributed by atoms with E-state index in [-0.39, 0.29) is 18.2 Å². The van der Waals surface area contributed by atoms with E-state index in [4.69, 9.17) is 0 Å². The van der Waals surface area contributed by atoms with Gasteiger partial charge >= 0.3 is 6.30 Å². The third-order valence-electron chi connectivity index (χ3n) is 1.04. The summed E-state index contributed by atoms with van der Waals surface area (Å²) in [6.07, 6.45) is -3.85. The summed E-state index contributed by atoms with van der Waals surface area (Å²) >= 11 is 0. The van der Waals surface area contributed by atoms with Crippen LogP contribution in [0.2, 0.25) is 0 Å². The molecule has 0 N–H and O–H groups in total. The molecule has 2 nitrogen and oxygen atoms in total. The van der Waals surface area contributed by atoms with E-state index in [1.54, 1.807) is 0 Å². The third-order valence-corrected chi connectivity index (χ3v) is 1.04. The van der Waals surface area contributed by atoms with E-state index in [2.05, 4.69) is 4.84 Å². The van der Waals surface area contributed by atoms with Crippen LogP contribution in [-0.4, -0.2) is 24.5 Å². The van der Waals surface area contributed by atoms with Crippen LogP contribution in [0.15, 0.2) is 0 Å². The number of nitrogens with zero attached hydrogens (tertiary/aromatic N) is 1. The van der Waals surface area contributed by atoms with Gasteiger partial charge in [0.2, 0.25) is 0 Å². The molecule has 5 heteroatoms. The Kier molecular flexibility index (Phi) is 1.63. The van der Waals surface area contributed by atoms with E-state index >= 15 is 0 Å². The largest absolute Gasteiger partial charge is 0.482 e. The molecule has 0 atom stereocenters. The van der Waals surface area contributed by atoms with Gasteiger partial charge < -0.3 is 0 Å². The van der Waals surface area contributed by atoms with Gasteiger partial charge in [0, 0.05) is 6.54 Å². The maximum absolute atomic E-state index is 11.6. The maximum Gasteiger partial charge on any atom is 0.482 e. The number of halogens is 3. The Morgan fingerprint density at radius 2 is 2.00 bits per heavy atom. The lowest BCUT2D eigenvalue weighted by atomic mass is 10.5. The lowest BCUT2D eigenvalue weighted by molar-refractivity contribution is -0.351. The van der Waals surface area contributed by atoms with Crippen molar-refractivity contribution in [3.8, 4) is 0 Å². The molecule has 1 rings (SSSR count). The van der Waals surface area contributed by atoms with E-state index in [0.29, 0.717) is 6.42 Å². The Morgan fingerprint density at radius 3 is 2.22 bits per heavy atom. The predicted octanol–water partition coefficient (Wildman–Crippen LogP) is 1.14. The fourth-order valence-corrected chi connectivity index (χ4v) is 0.647. The average molecular weight is 141 g/mol. The van der Waals surface area contributed by atoms with E-state index < -0.39 is 6.30 Å². The van der Waals surface area contributed by atoms with Gasteiger partial charge in [0.05, 0.1) is 6.61 Å². The van der Waals surface area contributed by atoms with Crippen molar-refractivity contribution >= 4 is 0 Å². The second kappa shape index (κ2) is 2.15. The summed E-state index contributed by atoms with van der Waals surface area (Å²) in [5.74, 6) is 0. The molecule has 1 aliphatic heterocycles. The highest BCUT2D eigenvalue weighted by Gasteiger charge is 2.40. The topological polar surface area (TPSA) is 12.5 Å². The fourth-order valence-electron chi connectivity index (χ4n) is 0.647. The minimum atomic E-state index is -4.31. The lowest BCUT2D eigenvalue weighted by Gasteiger charge is -2.15. The zero-order valence-corrected chi connectivity index (χ0v) is 4.61. The van der Waals surface area contributed by atoms with E-state index in [9.17, 15) is 13.2 Å². The molecule has 0 spiro atoms. The molecule has 0 radical (unpaired) electrons. The molecule has 0 aromatic rings. The second-order valence-electron chi connectivity index (χ2n) is 1.76. The zero-order valence-electron chi connectivity index (χ0n) is 4.61. The highest BCUT2D eigenvalue weighted by molar-refractivity contribution is 4.54. The van der Waals surface area contributed by atoms with Crippen LogP contribution in [0.25, 0.3) is 0 Å². The summed E-state index contributed by atoms with van der Waals surface area (Å²) in [6, 6.07) is 0. The van der Waals surface area contributed by atoms with Gasteiger partial charge in [-0.3, -0.25) is 4.84 Å². The molecule has 0 amide bonds. The van der Waals surface area contributed by atoms with Gasteiger partial charge in [-0.2, -0.15) is 13.2 Å². The van der Waals surface area contributed by atoms with Crippen molar-refractivity contribution in [2.45, 2.75) is 12.7 Å². The predicted molar refractivity (Wildman–Crippen MR) is 23.3 cm³/mol. The standard InChI is InChI=1S/C4H6F3NO/c5-4(6,7)8-2-1-3-9-8/h1-3H2. The van der Waals surface area contributed by atoms with Gasteiger partial charge in [-0.25, -0.2) is 0 Å². The van der Waals surface area contributed by atoms with Crippen molar-refractivity contribution in [2.75, 3.05) is 13.2 Å². The van der Waals surface area contributed by atoms with Gasteiger partial charge in [-0.1, -0.05) is 5.06 Å². The van der Waals surface area contributed by atoms with E-state index in [1.165, 1.54) is 0 Å². The Bertz CT molecular complexity index is 96.5. The Hall–Kier alpha value is -0.290. The minimum Gasteiger partial charge on any atom is -0.291 e. The Balaban J connectivity index is 2.42. The summed E-state index contributed by atoms with van der Waals surface area (Å²) < 4.78 is 34.7. The number of hydrogen-bond acceptors (Lipinski definition) is 2. The molecule has 54 valence electrons. The molecular formula is C4H6F3NO. The number of hydroxylamine groups is 2. The van der Waals surface area contributed by atoms with Crippen molar-refractivity contribution in [3.05, 3.63) is 0 Å². The summed E-state index contributed by atoms with van der Waals surface area (Å²) in [5.41, 5.74) is 0. The third kappa shape index (κ3) is 1.56. The fraction of sp³-hybridized carbons (Fsp3) is 1.00. The maximum atomic E-state index is 11.6. The number of rotatable bonds is 0. The van der Waals surface area contributed by atoms with Crippen LogP contribution in [0.5, 0.6) is 0 Å². The lowest BCUT2D eigenvalue weighted by Crippen LogP contribution is -2.33. The summed E-state index contributed by atoms with van der Waals surface area (Å²) in [4.78, 5) is 4.23. The highest BCUT2D eigenvalue weighted by Crippen LogP contribution is 2.24. The molecule has 0 aromatic carbocycles. The van der Waals surface area contributed by atoms with Gasteiger partial charge in [-0.15, -0.1) is 0 Å². The van der Waals surface area contributed by atoms with Crippen molar-refractivity contribution in [2.24, 2.45) is 0 Å². The number of hydrogen-bond donors (Lipinski definition) is 0. The highest BCUT2D eigenvalue weighted by atomic mass is 19.4. The molecule has 0 saturated carbocycles. The first-order valence-electron chi connectivity index (χ1n) is 2.58. The zero-order chi connectivity index (χ0) is 6.91. The molecule has 1 fully saturated rings. The van der Waals surface area contributed by atoms with Crippen LogP contribution in [0.4, 0.5) is 13.2 Å². The van der Waals surface area contributed by atoms with Crippen molar-refractivity contribution in [3.63, 3.8) is 0 Å². The Labute approximate surface area is 50.2 Å². The van der Waals surface area contributed by atoms with Crippen molar-refractivity contribution in [1.29, 1.82) is 0 Å². The van der Waals surface area contributed by atoms with Crippen LogP contribution in [0.3, 0.4) is 0 Å². The van der Waals surface area contributed by atoms with Gasteiger partial charge in [0.15, 0.2) is 0 Å². The summed E-state index contributed by atoms with van der Waals surface area (Å²) in [5, 5.41) is 0.0486. The van der Waals surface area contributed by atoms with Crippen LogP contribution in [0.1, 0.15) is 6.42 Å². The molecule has 0 unspecified atom stereocenters. The molecule has 0 bridgehead atoms. The molecular weight excluding hydrogens is 135 g/mol. The van der Waals surface area contributed by atoms with Crippen LogP contribution < -0.4 is 0 Å². The molecule has 1 heterocycles. The minimum absolute atomic E-state index is 0.0382. The monoisotopic (exact) mass is 141 g/mol. The van der Waals surface area contributed by atoms with Gasteiger partial charge in [0.25, 0.3) is 0 Å². The van der Waals surface area contributed by atoms with E-state index in [0.717, 1.165) is 0 Å². The van der Waals surface area contributed by atoms with Crippen molar-refractivity contribution < 1.29 is 18.0 Å². The van der Waals surface area contributed by atoms with Gasteiger partial charge in [0.1, 0.15) is 0 Å². The smallest absolute Gasteiger partial charge is 0.291 e. The van der Waals surface area contributed by atoms with Crippen LogP contribution in [0, 0.1) is 0 Å². The molecule has 0 aromatic heterocycles. The first-order valence-corrected chi connectivity index (χ1v) is 2.58. The summed E-state index contributed by atoms with van der Waals surface area (Å²) in [6.45, 7) is 0.142. The van der Waals surface area contributed by atoms with Crippen molar-refractivity contribution in [1.82, 2.24) is 5.06 Å². The van der Waals surface area contributed by atoms with E-state index in [1.807, 2.05) is 0 Å². The Morgan fingerprint density at radius 1 is 1.33 bits per heavy atom.